The number of esters is 1. The highest BCUT2D eigenvalue weighted by Crippen LogP contribution is 2.29. The maximum absolute atomic E-state index is 12.0. The fraction of sp³-hybridized carbons (Fsp3) is 0.150. The summed E-state index contributed by atoms with van der Waals surface area (Å²) < 4.78 is 7.20. The topological polar surface area (TPSA) is 72.8 Å². The number of thioether (sulfide) groups is 1. The van der Waals surface area contributed by atoms with E-state index in [4.69, 9.17) is 4.74 Å². The van der Waals surface area contributed by atoms with E-state index in [9.17, 15) is 4.79 Å². The van der Waals surface area contributed by atoms with Crippen molar-refractivity contribution in [2.24, 2.45) is 7.05 Å². The molecule has 0 fully saturated rings. The van der Waals surface area contributed by atoms with Crippen molar-refractivity contribution in [1.82, 2.24) is 19.7 Å². The normalized spacial score (nSPS) is 11.0. The van der Waals surface area contributed by atoms with Gasteiger partial charge in [0.1, 0.15) is 6.61 Å². The molecular weight excluding hydrogens is 360 g/mol. The van der Waals surface area contributed by atoms with E-state index in [1.54, 1.807) is 0 Å². The lowest BCUT2D eigenvalue weighted by atomic mass is 10.1. The molecule has 2 aromatic carbocycles. The third-order valence-electron chi connectivity index (χ3n) is 4.23. The number of fused-ring (bicyclic) bond motifs is 1. The van der Waals surface area contributed by atoms with Gasteiger partial charge in [-0.25, -0.2) is 0 Å². The lowest BCUT2D eigenvalue weighted by Crippen LogP contribution is -2.08. The largest absolute Gasteiger partial charge is 0.460 e. The summed E-state index contributed by atoms with van der Waals surface area (Å²) in [5, 5.41) is 10.3. The molecule has 2 aromatic heterocycles. The number of carbonyl (C=O) groups excluding carboxylic acids is 1. The van der Waals surface area contributed by atoms with Crippen LogP contribution < -0.4 is 0 Å². The van der Waals surface area contributed by atoms with E-state index in [0.29, 0.717) is 5.16 Å². The van der Waals surface area contributed by atoms with Crippen LogP contribution in [0.3, 0.4) is 0 Å². The molecule has 0 spiro atoms. The second kappa shape index (κ2) is 7.67. The SMILES string of the molecule is Cn1c(SCC(=O)OCc2ccccc2)nnc1-c1c[nH]c2ccccc12. The highest BCUT2D eigenvalue weighted by atomic mass is 32.2. The van der Waals surface area contributed by atoms with Crippen LogP contribution in [0.1, 0.15) is 5.56 Å². The van der Waals surface area contributed by atoms with Gasteiger partial charge in [0, 0.05) is 29.7 Å². The molecule has 0 aliphatic rings. The second-order valence-electron chi connectivity index (χ2n) is 6.05. The number of aromatic nitrogens is 4. The van der Waals surface area contributed by atoms with Gasteiger partial charge < -0.3 is 14.3 Å². The lowest BCUT2D eigenvalue weighted by molar-refractivity contribution is -0.141. The average molecular weight is 378 g/mol. The predicted octanol–water partition coefficient (Wildman–Crippen LogP) is 3.80. The van der Waals surface area contributed by atoms with Crippen molar-refractivity contribution < 1.29 is 9.53 Å². The van der Waals surface area contributed by atoms with Crippen molar-refractivity contribution >= 4 is 28.6 Å². The number of aromatic amines is 1. The van der Waals surface area contributed by atoms with E-state index >= 15 is 0 Å². The summed E-state index contributed by atoms with van der Waals surface area (Å²) in [6.45, 7) is 0.277. The Labute approximate surface area is 160 Å². The number of carbonyl (C=O) groups is 1. The van der Waals surface area contributed by atoms with Crippen LogP contribution in [-0.2, 0) is 23.2 Å². The molecule has 0 bridgehead atoms. The van der Waals surface area contributed by atoms with Gasteiger partial charge in [-0.2, -0.15) is 0 Å². The fourth-order valence-electron chi connectivity index (χ4n) is 2.83. The molecule has 27 heavy (non-hydrogen) atoms. The number of H-pyrrole nitrogens is 1. The molecule has 7 heteroatoms. The third-order valence-corrected chi connectivity index (χ3v) is 5.22. The number of rotatable bonds is 6. The fourth-order valence-corrected chi connectivity index (χ4v) is 3.54. The lowest BCUT2D eigenvalue weighted by Gasteiger charge is -2.05. The summed E-state index contributed by atoms with van der Waals surface area (Å²) in [5.74, 6) is 0.667. The third kappa shape index (κ3) is 3.73. The monoisotopic (exact) mass is 378 g/mol. The van der Waals surface area contributed by atoms with Gasteiger partial charge in [0.15, 0.2) is 11.0 Å². The Morgan fingerprint density at radius 3 is 2.74 bits per heavy atom. The molecule has 0 radical (unpaired) electrons. The first kappa shape index (κ1) is 17.4. The number of para-hydroxylation sites is 1. The van der Waals surface area contributed by atoms with Crippen molar-refractivity contribution in [3.05, 3.63) is 66.4 Å². The molecule has 0 amide bonds. The van der Waals surface area contributed by atoms with Crippen LogP contribution in [0, 0.1) is 0 Å². The zero-order valence-electron chi connectivity index (χ0n) is 14.8. The zero-order valence-corrected chi connectivity index (χ0v) is 15.6. The Morgan fingerprint density at radius 1 is 1.11 bits per heavy atom. The molecular formula is C20H18N4O2S. The van der Waals surface area contributed by atoms with Crippen LogP contribution in [-0.4, -0.2) is 31.5 Å². The molecule has 0 aliphatic heterocycles. The van der Waals surface area contributed by atoms with Crippen molar-refractivity contribution in [3.63, 3.8) is 0 Å². The maximum Gasteiger partial charge on any atom is 0.316 e. The number of ether oxygens (including phenoxy) is 1. The smallest absolute Gasteiger partial charge is 0.316 e. The van der Waals surface area contributed by atoms with Gasteiger partial charge in [-0.3, -0.25) is 4.79 Å². The molecule has 0 aliphatic carbocycles. The molecule has 2 heterocycles. The van der Waals surface area contributed by atoms with Gasteiger partial charge in [0.25, 0.3) is 0 Å². The molecule has 4 rings (SSSR count). The highest BCUT2D eigenvalue weighted by Gasteiger charge is 2.16. The Bertz CT molecular complexity index is 1070. The van der Waals surface area contributed by atoms with E-state index in [2.05, 4.69) is 15.2 Å². The summed E-state index contributed by atoms with van der Waals surface area (Å²) in [6.07, 6.45) is 1.93. The van der Waals surface area contributed by atoms with E-state index in [-0.39, 0.29) is 18.3 Å². The number of benzene rings is 2. The number of hydrogen-bond donors (Lipinski definition) is 1. The molecule has 6 nitrogen and oxygen atoms in total. The average Bonchev–Trinajstić information content (AvgIpc) is 3.29. The molecule has 136 valence electrons. The standard InChI is InChI=1S/C20H18N4O2S/c1-24-19(16-11-21-17-10-6-5-9-15(16)17)22-23-20(24)27-13-18(25)26-12-14-7-3-2-4-8-14/h2-11,21H,12-13H2,1H3. The van der Waals surface area contributed by atoms with Gasteiger partial charge in [-0.15, -0.1) is 10.2 Å². The first-order chi connectivity index (χ1) is 13.2. The summed E-state index contributed by atoms with van der Waals surface area (Å²) in [5.41, 5.74) is 3.00. The van der Waals surface area contributed by atoms with Gasteiger partial charge >= 0.3 is 5.97 Å². The van der Waals surface area contributed by atoms with Crippen LogP contribution in [0.25, 0.3) is 22.3 Å². The minimum absolute atomic E-state index is 0.187. The first-order valence-electron chi connectivity index (χ1n) is 8.50. The minimum Gasteiger partial charge on any atom is -0.460 e. The number of hydrogen-bond acceptors (Lipinski definition) is 5. The van der Waals surface area contributed by atoms with Gasteiger partial charge in [0.05, 0.1) is 5.75 Å². The van der Waals surface area contributed by atoms with E-state index in [1.807, 2.05) is 72.4 Å². The molecule has 1 N–H and O–H groups in total. The molecule has 0 atom stereocenters. The summed E-state index contributed by atoms with van der Waals surface area (Å²) in [7, 11) is 1.90. The highest BCUT2D eigenvalue weighted by molar-refractivity contribution is 7.99. The van der Waals surface area contributed by atoms with Gasteiger partial charge in [0.2, 0.25) is 0 Å². The number of nitrogens with zero attached hydrogens (tertiary/aromatic N) is 3. The summed E-state index contributed by atoms with van der Waals surface area (Å²) in [4.78, 5) is 15.2. The van der Waals surface area contributed by atoms with Crippen LogP contribution >= 0.6 is 11.8 Å². The minimum atomic E-state index is -0.277. The van der Waals surface area contributed by atoms with Crippen molar-refractivity contribution in [2.45, 2.75) is 11.8 Å². The predicted molar refractivity (Wildman–Crippen MR) is 105 cm³/mol. The molecule has 0 unspecified atom stereocenters. The Morgan fingerprint density at radius 2 is 1.89 bits per heavy atom. The van der Waals surface area contributed by atoms with Crippen molar-refractivity contribution in [1.29, 1.82) is 0 Å². The summed E-state index contributed by atoms with van der Waals surface area (Å²) >= 11 is 1.32. The molecule has 4 aromatic rings. The maximum atomic E-state index is 12.0. The van der Waals surface area contributed by atoms with Crippen LogP contribution in [0.4, 0.5) is 0 Å². The van der Waals surface area contributed by atoms with E-state index in [1.165, 1.54) is 11.8 Å². The van der Waals surface area contributed by atoms with Gasteiger partial charge in [-0.05, 0) is 11.6 Å². The van der Waals surface area contributed by atoms with E-state index in [0.717, 1.165) is 27.9 Å². The second-order valence-corrected chi connectivity index (χ2v) is 6.99. The van der Waals surface area contributed by atoms with Crippen molar-refractivity contribution in [3.8, 4) is 11.4 Å². The van der Waals surface area contributed by atoms with Crippen LogP contribution in [0.2, 0.25) is 0 Å². The quantitative estimate of drug-likeness (QED) is 0.408. The Kier molecular flexibility index (Phi) is 4.93. The number of nitrogens with one attached hydrogen (secondary N) is 1. The molecule has 0 saturated heterocycles. The Hall–Kier alpha value is -3.06. The van der Waals surface area contributed by atoms with Gasteiger partial charge in [-0.1, -0.05) is 60.3 Å². The van der Waals surface area contributed by atoms with E-state index < -0.39 is 0 Å². The summed E-state index contributed by atoms with van der Waals surface area (Å²) in [6, 6.07) is 17.7. The van der Waals surface area contributed by atoms with Crippen LogP contribution in [0.15, 0.2) is 66.0 Å². The first-order valence-corrected chi connectivity index (χ1v) is 9.49. The van der Waals surface area contributed by atoms with Crippen molar-refractivity contribution in [2.75, 3.05) is 5.75 Å². The molecule has 0 saturated carbocycles. The van der Waals surface area contributed by atoms with Crippen LogP contribution in [0.5, 0.6) is 0 Å². The zero-order chi connectivity index (χ0) is 18.6. The Balaban J connectivity index is 1.41.